The average molecular weight is 526 g/mol. The fourth-order valence-electron chi connectivity index (χ4n) is 5.19. The molecule has 0 aliphatic carbocycles. The first-order chi connectivity index (χ1) is 19.1. The molecule has 3 aromatic carbocycles. The lowest BCUT2D eigenvalue weighted by molar-refractivity contribution is 0.200. The van der Waals surface area contributed by atoms with Gasteiger partial charge in [-0.15, -0.1) is 5.10 Å². The number of piperazine rings is 1. The highest BCUT2D eigenvalue weighted by Gasteiger charge is 2.33. The van der Waals surface area contributed by atoms with Crippen molar-refractivity contribution in [3.63, 3.8) is 0 Å². The molecule has 3 heterocycles. The van der Waals surface area contributed by atoms with Crippen LogP contribution in [0.4, 0.5) is 10.1 Å². The maximum absolute atomic E-state index is 13.6. The molecule has 0 radical (unpaired) electrons. The third-order valence-corrected chi connectivity index (χ3v) is 7.23. The molecule has 0 saturated carbocycles. The number of anilines is 1. The van der Waals surface area contributed by atoms with Gasteiger partial charge in [0, 0.05) is 43.5 Å². The van der Waals surface area contributed by atoms with Crippen LogP contribution in [0.1, 0.15) is 23.0 Å². The minimum Gasteiger partial charge on any atom is -0.497 e. The van der Waals surface area contributed by atoms with Gasteiger partial charge >= 0.3 is 0 Å². The molecule has 9 nitrogen and oxygen atoms in total. The average Bonchev–Trinajstić information content (AvgIpc) is 3.42. The zero-order valence-electron chi connectivity index (χ0n) is 21.5. The number of H-pyrrole nitrogens is 1. The predicted molar refractivity (Wildman–Crippen MR) is 147 cm³/mol. The van der Waals surface area contributed by atoms with E-state index >= 15 is 0 Å². The molecule has 1 saturated heterocycles. The van der Waals surface area contributed by atoms with Crippen molar-refractivity contribution < 1.29 is 9.13 Å². The molecule has 1 atom stereocenters. The van der Waals surface area contributed by atoms with Gasteiger partial charge in [0.15, 0.2) is 5.82 Å². The minimum absolute atomic E-state index is 0.206. The van der Waals surface area contributed by atoms with Crippen LogP contribution in [0.2, 0.25) is 0 Å². The first-order valence-corrected chi connectivity index (χ1v) is 12.8. The smallest absolute Gasteiger partial charge is 0.253 e. The number of hydrogen-bond acceptors (Lipinski definition) is 7. The molecule has 10 heteroatoms. The number of para-hydroxylation sites is 1. The second-order valence-corrected chi connectivity index (χ2v) is 9.59. The van der Waals surface area contributed by atoms with Gasteiger partial charge in [0.25, 0.3) is 5.56 Å². The Hall–Kier alpha value is -4.57. The van der Waals surface area contributed by atoms with Crippen molar-refractivity contribution in [1.82, 2.24) is 30.1 Å². The molecule has 0 unspecified atom stereocenters. The van der Waals surface area contributed by atoms with E-state index in [1.54, 1.807) is 23.9 Å². The van der Waals surface area contributed by atoms with Gasteiger partial charge in [-0.2, -0.15) is 0 Å². The lowest BCUT2D eigenvalue weighted by Gasteiger charge is -2.39. The quantitative estimate of drug-likeness (QED) is 0.347. The van der Waals surface area contributed by atoms with E-state index in [2.05, 4.69) is 42.4 Å². The van der Waals surface area contributed by atoms with Gasteiger partial charge in [-0.3, -0.25) is 9.69 Å². The van der Waals surface area contributed by atoms with Crippen LogP contribution in [0.3, 0.4) is 0 Å². The van der Waals surface area contributed by atoms with E-state index in [-0.39, 0.29) is 11.4 Å². The summed E-state index contributed by atoms with van der Waals surface area (Å²) in [6.45, 7) is 3.36. The van der Waals surface area contributed by atoms with Gasteiger partial charge in [0.2, 0.25) is 0 Å². The van der Waals surface area contributed by atoms with Gasteiger partial charge in [0.1, 0.15) is 17.6 Å². The monoisotopic (exact) mass is 525 g/mol. The number of hydrogen-bond donors (Lipinski definition) is 1. The number of rotatable bonds is 7. The van der Waals surface area contributed by atoms with E-state index in [9.17, 15) is 9.18 Å². The Morgan fingerprint density at radius 3 is 2.49 bits per heavy atom. The van der Waals surface area contributed by atoms with Gasteiger partial charge in [-0.25, -0.2) is 9.07 Å². The van der Waals surface area contributed by atoms with Gasteiger partial charge in [-0.05, 0) is 63.8 Å². The minimum atomic E-state index is -0.478. The lowest BCUT2D eigenvalue weighted by Crippen LogP contribution is -2.49. The van der Waals surface area contributed by atoms with Crippen LogP contribution >= 0.6 is 0 Å². The molecule has 198 valence electrons. The van der Waals surface area contributed by atoms with Crippen molar-refractivity contribution in [2.24, 2.45) is 0 Å². The van der Waals surface area contributed by atoms with E-state index in [1.165, 1.54) is 17.8 Å². The van der Waals surface area contributed by atoms with Crippen LogP contribution in [-0.2, 0) is 6.54 Å². The number of tetrazole rings is 1. The molecule has 1 fully saturated rings. The van der Waals surface area contributed by atoms with Crippen LogP contribution in [0, 0.1) is 5.82 Å². The summed E-state index contributed by atoms with van der Waals surface area (Å²) in [5, 5.41) is 13.5. The highest BCUT2D eigenvalue weighted by atomic mass is 19.1. The van der Waals surface area contributed by atoms with Crippen LogP contribution in [0.25, 0.3) is 10.9 Å². The molecular formula is C29H28FN7O2. The second-order valence-electron chi connectivity index (χ2n) is 9.59. The molecule has 39 heavy (non-hydrogen) atoms. The summed E-state index contributed by atoms with van der Waals surface area (Å²) in [6.07, 6.45) is 0. The van der Waals surface area contributed by atoms with Crippen LogP contribution in [-0.4, -0.2) is 63.4 Å². The van der Waals surface area contributed by atoms with Crippen molar-refractivity contribution in [2.75, 3.05) is 38.2 Å². The van der Waals surface area contributed by atoms with E-state index in [1.807, 2.05) is 42.5 Å². The summed E-state index contributed by atoms with van der Waals surface area (Å²) in [7, 11) is 1.60. The van der Waals surface area contributed by atoms with Crippen molar-refractivity contribution in [3.8, 4) is 5.75 Å². The molecule has 1 aliphatic rings. The summed E-state index contributed by atoms with van der Waals surface area (Å²) in [6, 6.07) is 23.6. The number of ether oxygens (including phenoxy) is 1. The first kappa shape index (κ1) is 24.7. The molecule has 6 rings (SSSR count). The highest BCUT2D eigenvalue weighted by Crippen LogP contribution is 2.30. The number of aromatic nitrogens is 5. The Bertz CT molecular complexity index is 1630. The molecule has 2 aromatic heterocycles. The Kier molecular flexibility index (Phi) is 6.76. The molecule has 0 bridgehead atoms. The summed E-state index contributed by atoms with van der Waals surface area (Å²) >= 11 is 0. The zero-order valence-corrected chi connectivity index (χ0v) is 21.5. The summed E-state index contributed by atoms with van der Waals surface area (Å²) < 4.78 is 20.5. The summed E-state index contributed by atoms with van der Waals surface area (Å²) in [4.78, 5) is 21.2. The number of fused-ring (bicyclic) bond motifs is 1. The Morgan fingerprint density at radius 1 is 0.974 bits per heavy atom. The van der Waals surface area contributed by atoms with Gasteiger partial charge < -0.3 is 14.6 Å². The van der Waals surface area contributed by atoms with Crippen molar-refractivity contribution in [1.29, 1.82) is 0 Å². The summed E-state index contributed by atoms with van der Waals surface area (Å²) in [5.74, 6) is 0.928. The molecule has 1 aliphatic heterocycles. The number of methoxy groups -OCH3 is 1. The highest BCUT2D eigenvalue weighted by molar-refractivity contribution is 5.80. The van der Waals surface area contributed by atoms with Crippen LogP contribution < -0.4 is 15.2 Å². The van der Waals surface area contributed by atoms with Crippen LogP contribution in [0.15, 0.2) is 83.7 Å². The first-order valence-electron chi connectivity index (χ1n) is 12.8. The standard InChI is InChI=1S/C29H28FN7O2/c1-39-24-12-9-21-17-25(29(38)31-26(21)18-24)27(36-15-13-35(14-16-36)23-5-3-2-4-6-23)28-32-33-34-37(28)19-20-7-10-22(30)11-8-20/h2-12,17-18,27H,13-16,19H2,1H3,(H,31,38)/t27-/m1/s1. The molecular weight excluding hydrogens is 497 g/mol. The zero-order chi connectivity index (χ0) is 26.8. The number of nitrogens with one attached hydrogen (secondary N) is 1. The second kappa shape index (κ2) is 10.7. The van der Waals surface area contributed by atoms with E-state index in [0.29, 0.717) is 42.3 Å². The number of halogens is 1. The van der Waals surface area contributed by atoms with Crippen molar-refractivity contribution >= 4 is 16.6 Å². The van der Waals surface area contributed by atoms with Crippen molar-refractivity contribution in [3.05, 3.63) is 112 Å². The summed E-state index contributed by atoms with van der Waals surface area (Å²) in [5.41, 5.74) is 3.09. The molecule has 0 amide bonds. The Morgan fingerprint density at radius 2 is 1.74 bits per heavy atom. The number of pyridine rings is 1. The van der Waals surface area contributed by atoms with Gasteiger partial charge in [0.05, 0.1) is 19.2 Å². The Balaban J connectivity index is 1.39. The molecule has 1 N–H and O–H groups in total. The van der Waals surface area contributed by atoms with E-state index in [0.717, 1.165) is 24.0 Å². The Labute approximate surface area is 224 Å². The third kappa shape index (κ3) is 5.10. The van der Waals surface area contributed by atoms with Crippen LogP contribution in [0.5, 0.6) is 5.75 Å². The van der Waals surface area contributed by atoms with E-state index < -0.39 is 6.04 Å². The number of aromatic amines is 1. The predicted octanol–water partition coefficient (Wildman–Crippen LogP) is 3.62. The maximum Gasteiger partial charge on any atom is 0.253 e. The van der Waals surface area contributed by atoms with Crippen molar-refractivity contribution in [2.45, 2.75) is 12.6 Å². The fraction of sp³-hybridized carbons (Fsp3) is 0.241. The number of nitrogens with zero attached hydrogens (tertiary/aromatic N) is 6. The SMILES string of the molecule is COc1ccc2cc([C@H](c3nnnn3Cc3ccc(F)cc3)N3CCN(c4ccccc4)CC3)c(=O)[nH]c2c1. The normalized spacial score (nSPS) is 15.0. The lowest BCUT2D eigenvalue weighted by atomic mass is 10.0. The molecule has 5 aromatic rings. The van der Waals surface area contributed by atoms with Gasteiger partial charge in [-0.1, -0.05) is 30.3 Å². The largest absolute Gasteiger partial charge is 0.497 e. The third-order valence-electron chi connectivity index (χ3n) is 7.23. The van der Waals surface area contributed by atoms with E-state index in [4.69, 9.17) is 4.74 Å². The fourth-order valence-corrected chi connectivity index (χ4v) is 5.19. The number of benzene rings is 3. The topological polar surface area (TPSA) is 92.2 Å². The molecule has 0 spiro atoms. The maximum atomic E-state index is 13.6.